The number of carbonyl (C=O) groups excluding carboxylic acids is 1. The molecule has 0 bridgehead atoms. The monoisotopic (exact) mass is 393 g/mol. The lowest BCUT2D eigenvalue weighted by Gasteiger charge is -2.19. The fraction of sp³-hybridized carbons (Fsp3) is 0.500. The zero-order valence-electron chi connectivity index (χ0n) is 15.3. The van der Waals surface area contributed by atoms with Crippen LogP contribution in [0, 0.1) is 0 Å². The van der Waals surface area contributed by atoms with Crippen LogP contribution < -0.4 is 10.2 Å². The molecule has 1 N–H and O–H groups in total. The summed E-state index contributed by atoms with van der Waals surface area (Å²) >= 11 is 7.61. The van der Waals surface area contributed by atoms with E-state index in [0.717, 1.165) is 37.6 Å². The summed E-state index contributed by atoms with van der Waals surface area (Å²) in [5, 5.41) is 12.8. The van der Waals surface area contributed by atoms with Gasteiger partial charge in [-0.3, -0.25) is 9.36 Å². The minimum Gasteiger partial charge on any atom is -0.353 e. The molecule has 140 valence electrons. The van der Waals surface area contributed by atoms with Gasteiger partial charge in [0.25, 0.3) is 0 Å². The lowest BCUT2D eigenvalue weighted by Crippen LogP contribution is -2.36. The molecule has 1 aromatic carbocycles. The summed E-state index contributed by atoms with van der Waals surface area (Å²) in [6, 6.07) is 7.74. The molecule has 26 heavy (non-hydrogen) atoms. The second-order valence-electron chi connectivity index (χ2n) is 6.72. The first-order chi connectivity index (χ1) is 12.5. The van der Waals surface area contributed by atoms with Crippen molar-refractivity contribution in [2.24, 2.45) is 0 Å². The van der Waals surface area contributed by atoms with E-state index in [2.05, 4.69) is 20.4 Å². The number of aromatic nitrogens is 3. The highest BCUT2D eigenvalue weighted by Crippen LogP contribution is 2.31. The van der Waals surface area contributed by atoms with Gasteiger partial charge in [0.2, 0.25) is 11.9 Å². The van der Waals surface area contributed by atoms with E-state index < -0.39 is 0 Å². The standard InChI is InChI=1S/C18H24ClN5OS/c1-12(2)20-16(25)13(3)26-18-22-21-17(23-9-4-5-10-23)24(18)15-8-6-7-14(19)11-15/h6-8,11-13H,4-5,9-10H2,1-3H3,(H,20,25)/t13-/m1/s1. The van der Waals surface area contributed by atoms with Gasteiger partial charge in [0.15, 0.2) is 5.16 Å². The fourth-order valence-electron chi connectivity index (χ4n) is 2.92. The molecular weight excluding hydrogens is 370 g/mol. The van der Waals surface area contributed by atoms with Gasteiger partial charge < -0.3 is 10.2 Å². The van der Waals surface area contributed by atoms with Crippen LogP contribution in [0.15, 0.2) is 29.4 Å². The maximum Gasteiger partial charge on any atom is 0.233 e. The van der Waals surface area contributed by atoms with Crippen molar-refractivity contribution < 1.29 is 4.79 Å². The molecule has 3 rings (SSSR count). The van der Waals surface area contributed by atoms with E-state index in [1.54, 1.807) is 0 Å². The number of nitrogens with one attached hydrogen (secondary N) is 1. The van der Waals surface area contributed by atoms with Crippen LogP contribution in [0.5, 0.6) is 0 Å². The number of amides is 1. The quantitative estimate of drug-likeness (QED) is 0.760. The maximum absolute atomic E-state index is 12.3. The Morgan fingerprint density at radius 3 is 2.62 bits per heavy atom. The third-order valence-electron chi connectivity index (χ3n) is 4.15. The number of hydrogen-bond donors (Lipinski definition) is 1. The van der Waals surface area contributed by atoms with E-state index in [4.69, 9.17) is 11.6 Å². The second-order valence-corrected chi connectivity index (χ2v) is 8.46. The number of anilines is 1. The average molecular weight is 394 g/mol. The second kappa shape index (κ2) is 8.31. The molecule has 1 aliphatic heterocycles. The molecule has 1 fully saturated rings. The summed E-state index contributed by atoms with van der Waals surface area (Å²) in [6.45, 7) is 7.72. The van der Waals surface area contributed by atoms with Gasteiger partial charge in [-0.2, -0.15) is 0 Å². The van der Waals surface area contributed by atoms with Crippen molar-refractivity contribution in [3.63, 3.8) is 0 Å². The number of benzene rings is 1. The Labute approximate surface area is 163 Å². The van der Waals surface area contributed by atoms with Crippen LogP contribution >= 0.6 is 23.4 Å². The first-order valence-corrected chi connectivity index (χ1v) is 10.1. The molecule has 0 aliphatic carbocycles. The van der Waals surface area contributed by atoms with Gasteiger partial charge in [0, 0.05) is 24.2 Å². The Kier molecular flexibility index (Phi) is 6.09. The lowest BCUT2D eigenvalue weighted by molar-refractivity contribution is -0.120. The van der Waals surface area contributed by atoms with Gasteiger partial charge in [0.1, 0.15) is 0 Å². The van der Waals surface area contributed by atoms with E-state index in [1.165, 1.54) is 11.8 Å². The summed E-state index contributed by atoms with van der Waals surface area (Å²) in [6.07, 6.45) is 2.30. The normalized spacial score (nSPS) is 15.5. The van der Waals surface area contributed by atoms with Crippen molar-refractivity contribution in [2.45, 2.75) is 50.1 Å². The first kappa shape index (κ1) is 19.0. The van der Waals surface area contributed by atoms with Crippen molar-refractivity contribution in [3.8, 4) is 5.69 Å². The zero-order chi connectivity index (χ0) is 18.7. The number of halogens is 1. The summed E-state index contributed by atoms with van der Waals surface area (Å²) < 4.78 is 2.00. The van der Waals surface area contributed by atoms with E-state index >= 15 is 0 Å². The molecule has 0 spiro atoms. The van der Waals surface area contributed by atoms with Crippen molar-refractivity contribution >= 4 is 35.2 Å². The highest BCUT2D eigenvalue weighted by Gasteiger charge is 2.25. The highest BCUT2D eigenvalue weighted by molar-refractivity contribution is 8.00. The number of hydrogen-bond acceptors (Lipinski definition) is 5. The molecule has 1 aliphatic rings. The maximum atomic E-state index is 12.3. The molecule has 2 heterocycles. The summed E-state index contributed by atoms with van der Waals surface area (Å²) in [4.78, 5) is 14.5. The van der Waals surface area contributed by atoms with Crippen LogP contribution in [0.2, 0.25) is 5.02 Å². The van der Waals surface area contributed by atoms with Gasteiger partial charge >= 0.3 is 0 Å². The Bertz CT molecular complexity index is 773. The Morgan fingerprint density at radius 1 is 1.23 bits per heavy atom. The van der Waals surface area contributed by atoms with Crippen molar-refractivity contribution in [3.05, 3.63) is 29.3 Å². The van der Waals surface area contributed by atoms with Crippen LogP contribution in [0.3, 0.4) is 0 Å². The SMILES string of the molecule is CC(C)NC(=O)[C@@H](C)Sc1nnc(N2CCCC2)n1-c1cccc(Cl)c1. The summed E-state index contributed by atoms with van der Waals surface area (Å²) in [7, 11) is 0. The molecule has 1 amide bonds. The minimum atomic E-state index is -0.272. The molecule has 8 heteroatoms. The predicted molar refractivity (Wildman–Crippen MR) is 106 cm³/mol. The van der Waals surface area contributed by atoms with Crippen LogP contribution in [0.25, 0.3) is 5.69 Å². The Hall–Kier alpha value is -1.73. The Morgan fingerprint density at radius 2 is 1.96 bits per heavy atom. The number of nitrogens with zero attached hydrogens (tertiary/aromatic N) is 4. The van der Waals surface area contributed by atoms with Gasteiger partial charge in [-0.25, -0.2) is 0 Å². The van der Waals surface area contributed by atoms with Gasteiger partial charge in [0.05, 0.1) is 10.9 Å². The van der Waals surface area contributed by atoms with Crippen molar-refractivity contribution in [1.82, 2.24) is 20.1 Å². The first-order valence-electron chi connectivity index (χ1n) is 8.89. The third-order valence-corrected chi connectivity index (χ3v) is 5.43. The molecule has 0 radical (unpaired) electrons. The van der Waals surface area contributed by atoms with E-state index in [9.17, 15) is 4.79 Å². The third kappa shape index (κ3) is 4.32. The highest BCUT2D eigenvalue weighted by atomic mass is 35.5. The van der Waals surface area contributed by atoms with Gasteiger partial charge in [-0.1, -0.05) is 29.4 Å². The summed E-state index contributed by atoms with van der Waals surface area (Å²) in [5.74, 6) is 0.803. The van der Waals surface area contributed by atoms with E-state index in [0.29, 0.717) is 10.2 Å². The largest absolute Gasteiger partial charge is 0.353 e. The predicted octanol–water partition coefficient (Wildman–Crippen LogP) is 3.53. The number of rotatable bonds is 6. The molecule has 0 unspecified atom stereocenters. The number of carbonyl (C=O) groups is 1. The fourth-order valence-corrected chi connectivity index (χ4v) is 3.97. The van der Waals surface area contributed by atoms with Crippen LogP contribution in [0.4, 0.5) is 5.95 Å². The van der Waals surface area contributed by atoms with E-state index in [1.807, 2.05) is 49.6 Å². The van der Waals surface area contributed by atoms with Crippen LogP contribution in [-0.2, 0) is 4.79 Å². The van der Waals surface area contributed by atoms with E-state index in [-0.39, 0.29) is 17.2 Å². The minimum absolute atomic E-state index is 0.00614. The molecule has 6 nitrogen and oxygen atoms in total. The van der Waals surface area contributed by atoms with Crippen LogP contribution in [-0.4, -0.2) is 45.1 Å². The van der Waals surface area contributed by atoms with Crippen molar-refractivity contribution in [2.75, 3.05) is 18.0 Å². The molecule has 2 aromatic rings. The van der Waals surface area contributed by atoms with Gasteiger partial charge in [-0.15, -0.1) is 10.2 Å². The van der Waals surface area contributed by atoms with Gasteiger partial charge in [-0.05, 0) is 51.8 Å². The molecule has 1 aromatic heterocycles. The zero-order valence-corrected chi connectivity index (χ0v) is 16.8. The molecule has 1 saturated heterocycles. The molecule has 1 atom stereocenters. The molecular formula is C18H24ClN5OS. The smallest absolute Gasteiger partial charge is 0.233 e. The molecule has 0 saturated carbocycles. The lowest BCUT2D eigenvalue weighted by atomic mass is 10.3. The van der Waals surface area contributed by atoms with Crippen molar-refractivity contribution in [1.29, 1.82) is 0 Å². The Balaban J connectivity index is 1.93. The topological polar surface area (TPSA) is 63.1 Å². The van der Waals surface area contributed by atoms with Crippen LogP contribution in [0.1, 0.15) is 33.6 Å². The summed E-state index contributed by atoms with van der Waals surface area (Å²) in [5.41, 5.74) is 0.906. The average Bonchev–Trinajstić information content (AvgIpc) is 3.23. The number of thioether (sulfide) groups is 1.